The van der Waals surface area contributed by atoms with Crippen molar-refractivity contribution in [2.45, 2.75) is 25.1 Å². The molecule has 2 heterocycles. The lowest BCUT2D eigenvalue weighted by molar-refractivity contribution is -0.114. The van der Waals surface area contributed by atoms with E-state index >= 15 is 0 Å². The second-order valence-electron chi connectivity index (χ2n) is 7.85. The lowest BCUT2D eigenvalue weighted by Gasteiger charge is -2.25. The molecule has 1 amide bonds. The van der Waals surface area contributed by atoms with E-state index < -0.39 is 9.84 Å². The molecule has 1 fully saturated rings. The number of carbonyl (C=O) groups is 1. The molecule has 1 saturated heterocycles. The maximum Gasteiger partial charge on any atom is 0.244 e. The second-order valence-corrected chi connectivity index (χ2v) is 11.2. The van der Waals surface area contributed by atoms with E-state index in [0.29, 0.717) is 16.6 Å². The number of methoxy groups -OCH3 is 1. The van der Waals surface area contributed by atoms with Crippen molar-refractivity contribution in [1.29, 1.82) is 0 Å². The maximum atomic E-state index is 12.9. The van der Waals surface area contributed by atoms with Gasteiger partial charge in [-0.3, -0.25) is 9.79 Å². The van der Waals surface area contributed by atoms with Crippen molar-refractivity contribution < 1.29 is 17.9 Å². The number of fused-ring (bicyclic) bond motifs is 1. The van der Waals surface area contributed by atoms with Crippen LogP contribution in [0.15, 0.2) is 47.5 Å². The fourth-order valence-corrected chi connectivity index (χ4v) is 7.46. The first-order valence-electron chi connectivity index (χ1n) is 9.98. The van der Waals surface area contributed by atoms with Crippen molar-refractivity contribution in [1.82, 2.24) is 0 Å². The zero-order valence-electron chi connectivity index (χ0n) is 17.7. The van der Waals surface area contributed by atoms with Crippen LogP contribution in [0.4, 0.5) is 11.4 Å². The predicted octanol–water partition coefficient (Wildman–Crippen LogP) is 3.03. The highest BCUT2D eigenvalue weighted by atomic mass is 32.2. The summed E-state index contributed by atoms with van der Waals surface area (Å²) in [5, 5.41) is 3.51. The van der Waals surface area contributed by atoms with Crippen molar-refractivity contribution in [3.05, 3.63) is 53.6 Å². The number of nitrogens with zero attached hydrogens (tertiary/aromatic N) is 2. The zero-order valence-corrected chi connectivity index (χ0v) is 19.3. The van der Waals surface area contributed by atoms with Crippen LogP contribution in [-0.2, 0) is 14.6 Å². The Morgan fingerprint density at radius 2 is 2.00 bits per heavy atom. The number of nitrogens with one attached hydrogen (secondary N) is 1. The van der Waals surface area contributed by atoms with E-state index in [1.807, 2.05) is 49.1 Å². The highest BCUT2D eigenvalue weighted by Crippen LogP contribution is 2.37. The standard InChI is InChI=1S/C22H25N3O4S2/c1-14-7-8-17(9-15(14)2)25(22-24-19-12-31(27,28)13-20(19)30-22)11-21(26)23-16-5-4-6-18(10-16)29-3/h4-10,19-20H,11-13H2,1-3H3,(H,23,26)/t19-,20-/m1/s1. The summed E-state index contributed by atoms with van der Waals surface area (Å²) in [7, 11) is -1.46. The van der Waals surface area contributed by atoms with Crippen LogP contribution in [0.2, 0.25) is 0 Å². The SMILES string of the molecule is COc1cccc(NC(=O)CN(C2=N[C@@H]3CS(=O)(=O)C[C@H]3S2)c2ccc(C)c(C)c2)c1. The number of rotatable bonds is 5. The summed E-state index contributed by atoms with van der Waals surface area (Å²) in [5.41, 5.74) is 3.78. The maximum absolute atomic E-state index is 12.9. The first-order valence-corrected chi connectivity index (χ1v) is 12.7. The summed E-state index contributed by atoms with van der Waals surface area (Å²) in [5.74, 6) is 0.671. The molecule has 0 spiro atoms. The molecule has 2 aliphatic heterocycles. The van der Waals surface area contributed by atoms with E-state index in [-0.39, 0.29) is 35.2 Å². The number of ether oxygens (including phenoxy) is 1. The van der Waals surface area contributed by atoms with Gasteiger partial charge in [-0.05, 0) is 49.2 Å². The van der Waals surface area contributed by atoms with Gasteiger partial charge in [-0.1, -0.05) is 23.9 Å². The van der Waals surface area contributed by atoms with Gasteiger partial charge in [0.15, 0.2) is 15.0 Å². The molecule has 2 aromatic rings. The summed E-state index contributed by atoms with van der Waals surface area (Å²) in [6.07, 6.45) is 0. The average Bonchev–Trinajstić information content (AvgIpc) is 3.22. The smallest absolute Gasteiger partial charge is 0.244 e. The Balaban J connectivity index is 1.58. The van der Waals surface area contributed by atoms with E-state index in [4.69, 9.17) is 4.74 Å². The molecule has 2 aromatic carbocycles. The Morgan fingerprint density at radius 3 is 2.71 bits per heavy atom. The summed E-state index contributed by atoms with van der Waals surface area (Å²) in [4.78, 5) is 19.5. The van der Waals surface area contributed by atoms with Crippen molar-refractivity contribution in [2.75, 3.05) is 35.4 Å². The van der Waals surface area contributed by atoms with E-state index in [2.05, 4.69) is 10.3 Å². The van der Waals surface area contributed by atoms with E-state index in [1.54, 1.807) is 19.2 Å². The van der Waals surface area contributed by atoms with E-state index in [0.717, 1.165) is 16.8 Å². The Kier molecular flexibility index (Phi) is 5.98. The normalized spacial score (nSPS) is 21.3. The molecule has 0 aromatic heterocycles. The first kappa shape index (κ1) is 21.7. The average molecular weight is 460 g/mol. The number of anilines is 2. The van der Waals surface area contributed by atoms with Gasteiger partial charge < -0.3 is 15.0 Å². The quantitative estimate of drug-likeness (QED) is 0.740. The molecule has 0 saturated carbocycles. The van der Waals surface area contributed by atoms with Crippen molar-refractivity contribution in [3.63, 3.8) is 0 Å². The lowest BCUT2D eigenvalue weighted by atomic mass is 10.1. The minimum Gasteiger partial charge on any atom is -0.497 e. The van der Waals surface area contributed by atoms with Gasteiger partial charge >= 0.3 is 0 Å². The number of carbonyl (C=O) groups excluding carboxylic acids is 1. The fraction of sp³-hybridized carbons (Fsp3) is 0.364. The first-order chi connectivity index (χ1) is 14.7. The van der Waals surface area contributed by atoms with E-state index in [9.17, 15) is 13.2 Å². The molecular weight excluding hydrogens is 434 g/mol. The molecule has 0 aliphatic carbocycles. The summed E-state index contributed by atoms with van der Waals surface area (Å²) in [6.45, 7) is 4.13. The molecule has 164 valence electrons. The number of amidine groups is 1. The number of aliphatic imine (C=N–C) groups is 1. The number of benzene rings is 2. The second kappa shape index (κ2) is 8.55. The Hall–Kier alpha value is -2.52. The van der Waals surface area contributed by atoms with Gasteiger partial charge in [0.05, 0.1) is 24.7 Å². The molecule has 2 atom stereocenters. The van der Waals surface area contributed by atoms with Crippen LogP contribution < -0.4 is 15.0 Å². The van der Waals surface area contributed by atoms with Crippen LogP contribution in [0.25, 0.3) is 0 Å². The minimum atomic E-state index is -3.04. The largest absolute Gasteiger partial charge is 0.497 e. The summed E-state index contributed by atoms with van der Waals surface area (Å²) >= 11 is 1.45. The molecule has 2 aliphatic rings. The lowest BCUT2D eigenvalue weighted by Crippen LogP contribution is -2.36. The van der Waals surface area contributed by atoms with Crippen LogP contribution in [0.3, 0.4) is 0 Å². The van der Waals surface area contributed by atoms with Gasteiger partial charge in [0.25, 0.3) is 0 Å². The van der Waals surface area contributed by atoms with Gasteiger partial charge in [0, 0.05) is 22.7 Å². The number of thioether (sulfide) groups is 1. The zero-order chi connectivity index (χ0) is 22.2. The molecule has 9 heteroatoms. The minimum absolute atomic E-state index is 0.0672. The van der Waals surface area contributed by atoms with Crippen LogP contribution in [0.1, 0.15) is 11.1 Å². The van der Waals surface area contributed by atoms with Crippen molar-refractivity contribution in [2.24, 2.45) is 4.99 Å². The third kappa shape index (κ3) is 4.88. The molecule has 1 N–H and O–H groups in total. The number of hydrogen-bond donors (Lipinski definition) is 1. The van der Waals surface area contributed by atoms with Gasteiger partial charge in [0.2, 0.25) is 5.91 Å². The third-order valence-corrected chi connectivity index (χ3v) is 8.74. The fourth-order valence-electron chi connectivity index (χ4n) is 3.68. The van der Waals surface area contributed by atoms with Crippen molar-refractivity contribution in [3.8, 4) is 5.75 Å². The molecule has 7 nitrogen and oxygen atoms in total. The molecule has 0 bridgehead atoms. The molecule has 4 rings (SSSR count). The number of amides is 1. The third-order valence-electron chi connectivity index (χ3n) is 5.49. The summed E-state index contributed by atoms with van der Waals surface area (Å²) in [6, 6.07) is 13.0. The van der Waals surface area contributed by atoms with Gasteiger partial charge in [-0.2, -0.15) is 0 Å². The highest BCUT2D eigenvalue weighted by Gasteiger charge is 2.44. The number of sulfone groups is 1. The number of aryl methyl sites for hydroxylation is 2. The molecule has 0 radical (unpaired) electrons. The van der Waals surface area contributed by atoms with Crippen molar-refractivity contribution >= 4 is 44.0 Å². The highest BCUT2D eigenvalue weighted by molar-refractivity contribution is 8.15. The van der Waals surface area contributed by atoms with Gasteiger partial charge in [0.1, 0.15) is 12.3 Å². The monoisotopic (exact) mass is 459 g/mol. The Morgan fingerprint density at radius 1 is 1.19 bits per heavy atom. The molecule has 31 heavy (non-hydrogen) atoms. The Labute approximate surface area is 186 Å². The van der Waals surface area contributed by atoms with Gasteiger partial charge in [-0.15, -0.1) is 0 Å². The van der Waals surface area contributed by atoms with Gasteiger partial charge in [-0.25, -0.2) is 8.42 Å². The van der Waals surface area contributed by atoms with Crippen LogP contribution in [0, 0.1) is 13.8 Å². The predicted molar refractivity (Wildman–Crippen MR) is 126 cm³/mol. The van der Waals surface area contributed by atoms with Crippen LogP contribution in [-0.4, -0.2) is 55.9 Å². The molecular formula is C22H25N3O4S2. The topological polar surface area (TPSA) is 88.1 Å². The van der Waals surface area contributed by atoms with Crippen LogP contribution >= 0.6 is 11.8 Å². The Bertz CT molecular complexity index is 1150. The van der Waals surface area contributed by atoms with E-state index in [1.165, 1.54) is 11.8 Å². The molecule has 0 unspecified atom stereocenters. The number of hydrogen-bond acceptors (Lipinski definition) is 7. The van der Waals surface area contributed by atoms with Crippen LogP contribution in [0.5, 0.6) is 5.75 Å². The summed E-state index contributed by atoms with van der Waals surface area (Å²) < 4.78 is 29.1.